The second-order valence-electron chi connectivity index (χ2n) is 11.0. The molecular weight excluding hydrogens is 453 g/mol. The molecule has 0 radical (unpaired) electrons. The lowest BCUT2D eigenvalue weighted by Crippen LogP contribution is -2.39. The van der Waals surface area contributed by atoms with Crippen LogP contribution in [0, 0.1) is 5.92 Å². The van der Waals surface area contributed by atoms with Crippen molar-refractivity contribution in [3.63, 3.8) is 0 Å². The summed E-state index contributed by atoms with van der Waals surface area (Å²) in [6.07, 6.45) is 7.55. The predicted molar refractivity (Wildman–Crippen MR) is 134 cm³/mol. The number of hydrogen-bond acceptors (Lipinski definition) is 4. The first-order valence-corrected chi connectivity index (χ1v) is 13.1. The number of nitrogens with one attached hydrogen (secondary N) is 1. The number of halogens is 2. The van der Waals surface area contributed by atoms with Gasteiger partial charge in [0.25, 0.3) is 0 Å². The zero-order valence-electron chi connectivity index (χ0n) is 20.2. The van der Waals surface area contributed by atoms with Crippen LogP contribution in [-0.2, 0) is 9.53 Å². The maximum atomic E-state index is 13.6. The maximum absolute atomic E-state index is 13.6. The molecule has 3 aliphatic rings. The highest BCUT2D eigenvalue weighted by Gasteiger charge is 2.34. The molecule has 3 heterocycles. The Kier molecular flexibility index (Phi) is 6.84. The van der Waals surface area contributed by atoms with E-state index in [9.17, 15) is 9.18 Å². The molecule has 2 aliphatic heterocycles. The number of aromatic nitrogens is 1. The molecule has 1 saturated carbocycles. The summed E-state index contributed by atoms with van der Waals surface area (Å²) in [5.41, 5.74) is 0.899. The summed E-state index contributed by atoms with van der Waals surface area (Å²) in [6, 6.07) is 6.61. The van der Waals surface area contributed by atoms with Gasteiger partial charge in [-0.05, 0) is 93.9 Å². The summed E-state index contributed by atoms with van der Waals surface area (Å²) in [5, 5.41) is 5.81. The van der Waals surface area contributed by atoms with E-state index < -0.39 is 6.17 Å². The summed E-state index contributed by atoms with van der Waals surface area (Å²) < 4.78 is 19.4. The molecular formula is C27H35ClFN3O2. The van der Waals surface area contributed by atoms with Crippen molar-refractivity contribution >= 4 is 34.1 Å². The number of rotatable bonds is 4. The van der Waals surface area contributed by atoms with E-state index in [4.69, 9.17) is 16.3 Å². The zero-order chi connectivity index (χ0) is 23.9. The summed E-state index contributed by atoms with van der Waals surface area (Å²) in [4.78, 5) is 19.7. The van der Waals surface area contributed by atoms with Gasteiger partial charge in [0.1, 0.15) is 12.0 Å². The highest BCUT2D eigenvalue weighted by molar-refractivity contribution is 6.32. The van der Waals surface area contributed by atoms with Gasteiger partial charge < -0.3 is 10.1 Å². The average Bonchev–Trinajstić information content (AvgIpc) is 3.24. The van der Waals surface area contributed by atoms with Crippen molar-refractivity contribution in [2.75, 3.05) is 25.0 Å². The third kappa shape index (κ3) is 5.24. The number of likely N-dealkylation sites (tertiary alicyclic amines) is 1. The van der Waals surface area contributed by atoms with Crippen LogP contribution in [-0.4, -0.2) is 53.3 Å². The van der Waals surface area contributed by atoms with Gasteiger partial charge in [-0.1, -0.05) is 11.6 Å². The number of fused-ring (bicyclic) bond motifs is 1. The fraction of sp³-hybridized carbons (Fsp3) is 0.630. The summed E-state index contributed by atoms with van der Waals surface area (Å²) >= 11 is 6.70. The van der Waals surface area contributed by atoms with E-state index in [-0.39, 0.29) is 17.4 Å². The van der Waals surface area contributed by atoms with Crippen LogP contribution in [0.15, 0.2) is 24.4 Å². The van der Waals surface area contributed by atoms with Crippen LogP contribution in [0.5, 0.6) is 0 Å². The molecule has 1 aromatic carbocycles. The van der Waals surface area contributed by atoms with Crippen LogP contribution in [0.2, 0.25) is 5.02 Å². The summed E-state index contributed by atoms with van der Waals surface area (Å²) in [6.45, 7) is 6.15. The molecule has 2 aromatic rings. The van der Waals surface area contributed by atoms with Crippen molar-refractivity contribution in [3.8, 4) is 0 Å². The molecule has 0 bridgehead atoms. The third-order valence-corrected chi connectivity index (χ3v) is 8.30. The van der Waals surface area contributed by atoms with Crippen LogP contribution in [0.25, 0.3) is 10.8 Å². The number of hydrogen-bond donors (Lipinski definition) is 1. The minimum absolute atomic E-state index is 0.00756. The van der Waals surface area contributed by atoms with Gasteiger partial charge in [-0.15, -0.1) is 0 Å². The monoisotopic (exact) mass is 487 g/mol. The Hall–Kier alpha value is -1.76. The first-order valence-electron chi connectivity index (χ1n) is 12.7. The highest BCUT2D eigenvalue weighted by Crippen LogP contribution is 2.40. The molecule has 1 aromatic heterocycles. The second-order valence-corrected chi connectivity index (χ2v) is 11.4. The molecule has 3 fully saturated rings. The Morgan fingerprint density at radius 3 is 2.65 bits per heavy atom. The quantitative estimate of drug-likeness (QED) is 0.566. The number of anilines is 1. The Labute approximate surface area is 206 Å². The number of nitrogens with zero attached hydrogens (tertiary/aromatic N) is 2. The van der Waals surface area contributed by atoms with Crippen molar-refractivity contribution in [3.05, 3.63) is 35.0 Å². The maximum Gasteiger partial charge on any atom is 0.228 e. The normalized spacial score (nSPS) is 29.9. The molecule has 34 heavy (non-hydrogen) atoms. The van der Waals surface area contributed by atoms with Crippen LogP contribution in [0.4, 0.5) is 10.2 Å². The van der Waals surface area contributed by atoms with Crippen molar-refractivity contribution in [1.29, 1.82) is 0 Å². The Morgan fingerprint density at radius 2 is 1.94 bits per heavy atom. The van der Waals surface area contributed by atoms with E-state index in [0.29, 0.717) is 43.8 Å². The van der Waals surface area contributed by atoms with Crippen molar-refractivity contribution in [2.24, 2.45) is 5.92 Å². The first kappa shape index (κ1) is 24.0. The van der Waals surface area contributed by atoms with Crippen molar-refractivity contribution < 1.29 is 13.9 Å². The van der Waals surface area contributed by atoms with Gasteiger partial charge in [0.2, 0.25) is 5.91 Å². The van der Waals surface area contributed by atoms with Gasteiger partial charge in [0.15, 0.2) is 0 Å². The molecule has 0 spiro atoms. The van der Waals surface area contributed by atoms with Crippen LogP contribution < -0.4 is 5.32 Å². The fourth-order valence-electron chi connectivity index (χ4n) is 6.08. The van der Waals surface area contributed by atoms with Gasteiger partial charge in [0, 0.05) is 48.3 Å². The lowest BCUT2D eigenvalue weighted by atomic mass is 9.81. The molecule has 1 amide bonds. The largest absolute Gasteiger partial charge is 0.376 e. The average molecular weight is 488 g/mol. The molecule has 184 valence electrons. The van der Waals surface area contributed by atoms with Gasteiger partial charge >= 0.3 is 0 Å². The number of alkyl halides is 1. The number of carbonyl (C=O) groups excluding carboxylic acids is 1. The van der Waals surface area contributed by atoms with Gasteiger partial charge in [-0.2, -0.15) is 0 Å². The molecule has 2 unspecified atom stereocenters. The predicted octanol–water partition coefficient (Wildman–Crippen LogP) is 6.10. The van der Waals surface area contributed by atoms with Crippen LogP contribution in [0.1, 0.15) is 70.3 Å². The van der Waals surface area contributed by atoms with E-state index >= 15 is 0 Å². The number of amides is 1. The number of ether oxygens (including phenoxy) is 1. The van der Waals surface area contributed by atoms with E-state index in [2.05, 4.69) is 21.3 Å². The molecule has 2 saturated heterocycles. The Bertz CT molecular complexity index is 1050. The topological polar surface area (TPSA) is 54.5 Å². The van der Waals surface area contributed by atoms with E-state index in [1.807, 2.05) is 26.0 Å². The van der Waals surface area contributed by atoms with Crippen LogP contribution >= 0.6 is 11.6 Å². The Balaban J connectivity index is 1.28. The number of pyridine rings is 1. The lowest BCUT2D eigenvalue weighted by molar-refractivity contribution is -0.130. The standard InChI is InChI=1S/C27H35ClFN3O2/c1-27(2)14-18(8-10-34-27)26(33)31-25-13-19-11-23(24(28)12-20(19)15-30-25)17-3-5-22(6-4-17)32-9-7-21(29)16-32/h11-13,15,17-18,21-22H,3-10,14,16H2,1-2H3,(H,30,31,33). The summed E-state index contributed by atoms with van der Waals surface area (Å²) in [7, 11) is 0. The third-order valence-electron chi connectivity index (χ3n) is 7.97. The molecule has 1 aliphatic carbocycles. The molecule has 5 nitrogen and oxygen atoms in total. The first-order chi connectivity index (χ1) is 16.3. The van der Waals surface area contributed by atoms with Gasteiger partial charge in [0.05, 0.1) is 5.60 Å². The molecule has 2 atom stereocenters. The number of benzene rings is 1. The highest BCUT2D eigenvalue weighted by atomic mass is 35.5. The van der Waals surface area contributed by atoms with Gasteiger partial charge in [-0.25, -0.2) is 9.37 Å². The Morgan fingerprint density at radius 1 is 1.15 bits per heavy atom. The molecule has 7 heteroatoms. The van der Waals surface area contributed by atoms with E-state index in [1.54, 1.807) is 6.20 Å². The molecule has 1 N–H and O–H groups in total. The minimum Gasteiger partial charge on any atom is -0.376 e. The molecule has 5 rings (SSSR count). The second kappa shape index (κ2) is 9.71. The van der Waals surface area contributed by atoms with Gasteiger partial charge in [-0.3, -0.25) is 9.69 Å². The van der Waals surface area contributed by atoms with Crippen LogP contribution in [0.3, 0.4) is 0 Å². The SMILES string of the molecule is CC1(C)CC(C(=O)Nc2cc3cc(C4CCC(N5CCC(F)C5)CC4)c(Cl)cc3cn2)CCO1. The van der Waals surface area contributed by atoms with E-state index in [1.165, 1.54) is 5.56 Å². The van der Waals surface area contributed by atoms with E-state index in [0.717, 1.165) is 54.4 Å². The zero-order valence-corrected chi connectivity index (χ0v) is 20.9. The fourth-order valence-corrected chi connectivity index (χ4v) is 6.40. The lowest BCUT2D eigenvalue weighted by Gasteiger charge is -2.35. The number of carbonyl (C=O) groups is 1. The minimum atomic E-state index is -0.658. The smallest absolute Gasteiger partial charge is 0.228 e. The van der Waals surface area contributed by atoms with Crippen molar-refractivity contribution in [1.82, 2.24) is 9.88 Å². The van der Waals surface area contributed by atoms with Crippen molar-refractivity contribution in [2.45, 2.75) is 82.5 Å². The summed E-state index contributed by atoms with van der Waals surface area (Å²) in [5.74, 6) is 0.926.